The van der Waals surface area contributed by atoms with Crippen LogP contribution in [0, 0.1) is 0 Å². The van der Waals surface area contributed by atoms with E-state index in [1.807, 2.05) is 6.07 Å². The van der Waals surface area contributed by atoms with Gasteiger partial charge in [0.05, 0.1) is 11.1 Å². The highest BCUT2D eigenvalue weighted by Gasteiger charge is 2.33. The van der Waals surface area contributed by atoms with Gasteiger partial charge in [0.15, 0.2) is 0 Å². The lowest BCUT2D eigenvalue weighted by Crippen LogP contribution is -2.34. The largest absolute Gasteiger partial charge is 0.417 e. The topological polar surface area (TPSA) is 78.4 Å². The number of nitrogens with one attached hydrogen (secondary N) is 2. The number of aryl methyl sites for hydroxylation is 1. The fourth-order valence-electron chi connectivity index (χ4n) is 4.92. The fraction of sp³-hybridized carbons (Fsp3) is 0.188. The van der Waals surface area contributed by atoms with Crippen LogP contribution in [0.2, 0.25) is 0 Å². The molecule has 4 aromatic carbocycles. The molecular weight excluding hydrogens is 654 g/mol. The zero-order valence-electron chi connectivity index (χ0n) is 22.6. The van der Waals surface area contributed by atoms with E-state index < -0.39 is 35.5 Å². The zero-order valence-corrected chi connectivity index (χ0v) is 24.2. The number of carbonyl (C=O) groups excluding carboxylic acids is 2. The summed E-state index contributed by atoms with van der Waals surface area (Å²) >= 11 is 2.94. The maximum absolute atomic E-state index is 13.0. The molecule has 0 saturated heterocycles. The van der Waals surface area contributed by atoms with Crippen LogP contribution < -0.4 is 10.6 Å². The van der Waals surface area contributed by atoms with E-state index in [4.69, 9.17) is 0 Å². The maximum atomic E-state index is 13.0. The van der Waals surface area contributed by atoms with E-state index in [2.05, 4.69) is 26.6 Å². The van der Waals surface area contributed by atoms with Gasteiger partial charge in [0.25, 0.3) is 5.91 Å². The average Bonchev–Trinajstić information content (AvgIpc) is 2.97. The molecule has 1 atom stereocenters. The van der Waals surface area contributed by atoms with E-state index >= 15 is 0 Å². The van der Waals surface area contributed by atoms with Crippen molar-refractivity contribution in [2.45, 2.75) is 37.7 Å². The number of hydrogen-bond donors (Lipinski definition) is 3. The third kappa shape index (κ3) is 6.97. The molecule has 0 fully saturated rings. The van der Waals surface area contributed by atoms with Crippen LogP contribution in [0.3, 0.4) is 0 Å². The van der Waals surface area contributed by atoms with Gasteiger partial charge in [-0.1, -0.05) is 46.3 Å². The van der Waals surface area contributed by atoms with Crippen molar-refractivity contribution in [3.05, 3.63) is 106 Å². The molecule has 3 N–H and O–H groups in total. The minimum Gasteiger partial charge on any atom is -0.383 e. The summed E-state index contributed by atoms with van der Waals surface area (Å²) in [5.74, 6) is -0.488. The molecule has 2 aliphatic rings. The first kappa shape index (κ1) is 31.3. The summed E-state index contributed by atoms with van der Waals surface area (Å²) < 4.78 is 76.6. The number of aliphatic hydroxyl groups excluding tert-OH is 1. The summed E-state index contributed by atoms with van der Waals surface area (Å²) in [7, 11) is 0. The Hall–Kier alpha value is -4.16. The summed E-state index contributed by atoms with van der Waals surface area (Å²) in [6.45, 7) is 0. The molecule has 0 saturated carbocycles. The molecule has 44 heavy (non-hydrogen) atoms. The van der Waals surface area contributed by atoms with Crippen molar-refractivity contribution in [3.8, 4) is 22.3 Å². The van der Waals surface area contributed by atoms with Crippen molar-refractivity contribution in [1.82, 2.24) is 0 Å². The van der Waals surface area contributed by atoms with E-state index in [0.717, 1.165) is 40.6 Å². The summed E-state index contributed by atoms with van der Waals surface area (Å²) in [4.78, 5) is 22.7. The predicted molar refractivity (Wildman–Crippen MR) is 157 cm³/mol. The third-order valence-corrected chi connectivity index (χ3v) is 7.92. The Morgan fingerprint density at radius 1 is 0.659 bits per heavy atom. The Balaban J connectivity index is 0.000000175. The van der Waals surface area contributed by atoms with Crippen LogP contribution in [0.15, 0.2) is 83.3 Å². The number of fused-ring (bicyclic) bond motifs is 2. The molecule has 4 aromatic rings. The number of benzene rings is 4. The lowest BCUT2D eigenvalue weighted by atomic mass is 9.95. The SMILES string of the molecule is O=C1CCc2cc(-c3ccc(Br)c(C(F)(F)F)c3)ccc2N1.O=C1Nc2ccc(-c3ccc(C(F)(F)F)cc3)cc2CC1O. The lowest BCUT2D eigenvalue weighted by Gasteiger charge is -2.21. The highest BCUT2D eigenvalue weighted by Crippen LogP contribution is 2.38. The molecule has 6 rings (SSSR count). The highest BCUT2D eigenvalue weighted by molar-refractivity contribution is 9.10. The Labute approximate surface area is 256 Å². The smallest absolute Gasteiger partial charge is 0.383 e. The van der Waals surface area contributed by atoms with Crippen molar-refractivity contribution in [2.75, 3.05) is 10.6 Å². The quantitative estimate of drug-likeness (QED) is 0.187. The number of anilines is 2. The number of halogens is 7. The average molecular weight is 677 g/mol. The standard InChI is InChI=1S/C16H11BrF3NO.C16H12F3NO2/c17-13-4-1-10(8-12(13)16(18,19)20)9-2-5-14-11(7-9)3-6-15(22)21-14;17-16(18,19)12-4-1-9(2-5-12)10-3-6-13-11(7-10)8-14(21)15(22)20-13/h1-2,4-5,7-8H,3,6H2,(H,21,22);1-7,14,21H,8H2,(H,20,22). The van der Waals surface area contributed by atoms with Gasteiger partial charge in [-0.3, -0.25) is 9.59 Å². The van der Waals surface area contributed by atoms with E-state index in [9.17, 15) is 41.0 Å². The Kier molecular flexibility index (Phi) is 8.59. The number of amides is 2. The second-order valence-electron chi connectivity index (χ2n) is 10.3. The van der Waals surface area contributed by atoms with Gasteiger partial charge in [-0.25, -0.2) is 0 Å². The van der Waals surface area contributed by atoms with Gasteiger partial charge in [0.1, 0.15) is 6.10 Å². The summed E-state index contributed by atoms with van der Waals surface area (Å²) in [6.07, 6.45) is -8.69. The number of hydrogen-bond acceptors (Lipinski definition) is 3. The molecule has 0 bridgehead atoms. The fourth-order valence-corrected chi connectivity index (χ4v) is 5.39. The molecule has 0 aliphatic carbocycles. The number of rotatable bonds is 2. The zero-order chi connectivity index (χ0) is 31.8. The molecular formula is C32H23BrF6N2O3. The summed E-state index contributed by atoms with van der Waals surface area (Å²) in [6, 6.07) is 19.5. The van der Waals surface area contributed by atoms with Crippen LogP contribution in [0.5, 0.6) is 0 Å². The molecule has 2 amide bonds. The molecule has 0 aromatic heterocycles. The van der Waals surface area contributed by atoms with Crippen LogP contribution in [-0.2, 0) is 34.8 Å². The van der Waals surface area contributed by atoms with Crippen molar-refractivity contribution in [3.63, 3.8) is 0 Å². The van der Waals surface area contributed by atoms with E-state index in [1.165, 1.54) is 18.2 Å². The van der Waals surface area contributed by atoms with Crippen LogP contribution in [0.1, 0.15) is 28.7 Å². The van der Waals surface area contributed by atoms with Crippen LogP contribution in [0.4, 0.5) is 37.7 Å². The maximum Gasteiger partial charge on any atom is 0.417 e. The van der Waals surface area contributed by atoms with Gasteiger partial charge >= 0.3 is 12.4 Å². The monoisotopic (exact) mass is 676 g/mol. The molecule has 5 nitrogen and oxygen atoms in total. The first-order valence-corrected chi connectivity index (χ1v) is 14.1. The van der Waals surface area contributed by atoms with Crippen molar-refractivity contribution in [2.24, 2.45) is 0 Å². The summed E-state index contributed by atoms with van der Waals surface area (Å²) in [5, 5.41) is 14.9. The second-order valence-corrected chi connectivity index (χ2v) is 11.1. The van der Waals surface area contributed by atoms with Crippen molar-refractivity contribution < 1.29 is 41.0 Å². The molecule has 2 heterocycles. The number of alkyl halides is 6. The highest BCUT2D eigenvalue weighted by atomic mass is 79.9. The summed E-state index contributed by atoms with van der Waals surface area (Å²) in [5.41, 5.74) is 4.21. The molecule has 228 valence electrons. The number of carbonyl (C=O) groups is 2. The second kappa shape index (κ2) is 12.1. The van der Waals surface area contributed by atoms with Gasteiger partial charge in [0.2, 0.25) is 5.91 Å². The van der Waals surface area contributed by atoms with Gasteiger partial charge < -0.3 is 15.7 Å². The molecule has 1 unspecified atom stereocenters. The first-order valence-electron chi connectivity index (χ1n) is 13.3. The minimum atomic E-state index is -4.41. The van der Waals surface area contributed by atoms with Crippen LogP contribution in [-0.4, -0.2) is 23.0 Å². The van der Waals surface area contributed by atoms with E-state index in [0.29, 0.717) is 35.2 Å². The van der Waals surface area contributed by atoms with Crippen LogP contribution >= 0.6 is 15.9 Å². The van der Waals surface area contributed by atoms with Gasteiger partial charge in [-0.15, -0.1) is 0 Å². The van der Waals surface area contributed by atoms with Gasteiger partial charge in [-0.05, 0) is 88.3 Å². The van der Waals surface area contributed by atoms with Crippen molar-refractivity contribution >= 4 is 39.1 Å². The Morgan fingerprint density at radius 2 is 1.20 bits per heavy atom. The van der Waals surface area contributed by atoms with E-state index in [1.54, 1.807) is 36.4 Å². The normalized spacial score (nSPS) is 16.1. The Morgan fingerprint density at radius 3 is 1.84 bits per heavy atom. The third-order valence-electron chi connectivity index (χ3n) is 7.23. The van der Waals surface area contributed by atoms with E-state index in [-0.39, 0.29) is 16.8 Å². The molecule has 0 radical (unpaired) electrons. The minimum absolute atomic E-state index is 0.0222. The molecule has 12 heteroatoms. The van der Waals surface area contributed by atoms with Gasteiger partial charge in [0, 0.05) is 28.7 Å². The lowest BCUT2D eigenvalue weighted by molar-refractivity contribution is -0.138. The Bertz CT molecular complexity index is 1740. The van der Waals surface area contributed by atoms with Crippen LogP contribution in [0.25, 0.3) is 22.3 Å². The first-order chi connectivity index (χ1) is 20.7. The predicted octanol–water partition coefficient (Wildman–Crippen LogP) is 8.25. The molecule has 2 aliphatic heterocycles. The molecule has 0 spiro atoms. The van der Waals surface area contributed by atoms with Crippen molar-refractivity contribution in [1.29, 1.82) is 0 Å². The van der Waals surface area contributed by atoms with Gasteiger partial charge in [-0.2, -0.15) is 26.3 Å². The number of aliphatic hydroxyl groups is 1.